The van der Waals surface area contributed by atoms with Gasteiger partial charge in [0.15, 0.2) is 5.13 Å². The molecule has 1 heterocycles. The Balaban J connectivity index is 1.52. The fourth-order valence-electron chi connectivity index (χ4n) is 2.49. The molecule has 164 valence electrons. The average Bonchev–Trinajstić information content (AvgIpc) is 3.21. The summed E-state index contributed by atoms with van der Waals surface area (Å²) >= 11 is 1.16. The Labute approximate surface area is 184 Å². The molecule has 1 aromatic heterocycles. The number of amides is 1. The molecule has 3 N–H and O–H groups in total. The Bertz CT molecular complexity index is 1240. The summed E-state index contributed by atoms with van der Waals surface area (Å²) in [5, 5.41) is 4.51. The van der Waals surface area contributed by atoms with Crippen molar-refractivity contribution in [1.82, 2.24) is 9.71 Å². The number of carbonyl (C=O) groups is 1. The molecule has 3 aromatic rings. The van der Waals surface area contributed by atoms with E-state index in [9.17, 15) is 21.6 Å². The fraction of sp³-hybridized carbons (Fsp3) is 0.158. The van der Waals surface area contributed by atoms with Crippen LogP contribution < -0.4 is 14.8 Å². The Morgan fingerprint density at radius 1 is 0.935 bits per heavy atom. The minimum atomic E-state index is -3.78. The minimum Gasteiger partial charge on any atom is -0.326 e. The van der Waals surface area contributed by atoms with E-state index >= 15 is 0 Å². The number of rotatable bonds is 9. The Kier molecular flexibility index (Phi) is 7.05. The van der Waals surface area contributed by atoms with Crippen LogP contribution in [0.2, 0.25) is 0 Å². The van der Waals surface area contributed by atoms with Crippen molar-refractivity contribution in [2.75, 3.05) is 16.6 Å². The average molecular weight is 481 g/mol. The molecular formula is C19H20N4O5S3. The van der Waals surface area contributed by atoms with E-state index in [1.54, 1.807) is 17.5 Å². The molecule has 0 aliphatic carbocycles. The van der Waals surface area contributed by atoms with Crippen LogP contribution in [0.25, 0.3) is 0 Å². The summed E-state index contributed by atoms with van der Waals surface area (Å²) in [6, 6.07) is 12.0. The highest BCUT2D eigenvalue weighted by Gasteiger charge is 2.16. The van der Waals surface area contributed by atoms with Gasteiger partial charge in [-0.2, -0.15) is 0 Å². The van der Waals surface area contributed by atoms with Gasteiger partial charge in [-0.25, -0.2) is 26.5 Å². The van der Waals surface area contributed by atoms with Gasteiger partial charge in [0.25, 0.3) is 10.0 Å². The summed E-state index contributed by atoms with van der Waals surface area (Å²) in [5.41, 5.74) is 1.33. The number of sulfonamides is 2. The van der Waals surface area contributed by atoms with Crippen LogP contribution in [0.15, 0.2) is 69.9 Å². The fourth-order valence-corrected chi connectivity index (χ4v) is 5.31. The lowest BCUT2D eigenvalue weighted by Gasteiger charge is -2.09. The lowest BCUT2D eigenvalue weighted by Crippen LogP contribution is -2.27. The highest BCUT2D eigenvalue weighted by molar-refractivity contribution is 7.93. The van der Waals surface area contributed by atoms with Crippen molar-refractivity contribution in [3.05, 3.63) is 65.7 Å². The quantitative estimate of drug-likeness (QED) is 0.431. The Hall–Kier alpha value is -2.80. The molecule has 0 bridgehead atoms. The lowest BCUT2D eigenvalue weighted by atomic mass is 10.2. The molecule has 0 aliphatic heterocycles. The number of thiazole rings is 1. The largest absolute Gasteiger partial charge is 0.326 e. The molecule has 1 amide bonds. The van der Waals surface area contributed by atoms with E-state index in [0.29, 0.717) is 5.69 Å². The normalized spacial score (nSPS) is 11.8. The summed E-state index contributed by atoms with van der Waals surface area (Å²) in [7, 11) is -7.48. The van der Waals surface area contributed by atoms with Crippen molar-refractivity contribution in [2.24, 2.45) is 0 Å². The zero-order chi connectivity index (χ0) is 22.5. The van der Waals surface area contributed by atoms with Gasteiger partial charge in [0.1, 0.15) is 0 Å². The number of nitrogens with one attached hydrogen (secondary N) is 3. The molecule has 0 aliphatic rings. The molecule has 0 saturated heterocycles. The zero-order valence-electron chi connectivity index (χ0n) is 16.4. The molecule has 0 radical (unpaired) electrons. The number of carbonyl (C=O) groups excluding carboxylic acids is 1. The maximum absolute atomic E-state index is 12.3. The van der Waals surface area contributed by atoms with Crippen LogP contribution in [0.1, 0.15) is 12.0 Å². The highest BCUT2D eigenvalue weighted by atomic mass is 32.2. The van der Waals surface area contributed by atoms with E-state index < -0.39 is 26.0 Å². The van der Waals surface area contributed by atoms with Gasteiger partial charge in [-0.3, -0.25) is 9.52 Å². The van der Waals surface area contributed by atoms with Gasteiger partial charge in [0.2, 0.25) is 15.9 Å². The maximum Gasteiger partial charge on any atom is 0.263 e. The molecule has 0 unspecified atom stereocenters. The third-order valence-corrected chi connectivity index (χ3v) is 7.73. The first-order chi connectivity index (χ1) is 14.7. The Morgan fingerprint density at radius 2 is 1.55 bits per heavy atom. The van der Waals surface area contributed by atoms with Crippen molar-refractivity contribution >= 4 is 48.1 Å². The molecule has 12 heteroatoms. The van der Waals surface area contributed by atoms with Crippen LogP contribution in [0.4, 0.5) is 10.8 Å². The van der Waals surface area contributed by atoms with Gasteiger partial charge in [-0.05, 0) is 43.3 Å². The molecule has 0 saturated carbocycles. The predicted molar refractivity (Wildman–Crippen MR) is 119 cm³/mol. The van der Waals surface area contributed by atoms with Gasteiger partial charge in [-0.1, -0.05) is 17.7 Å². The molecule has 0 fully saturated rings. The van der Waals surface area contributed by atoms with Gasteiger partial charge in [0.05, 0.1) is 9.79 Å². The number of aryl methyl sites for hydroxylation is 1. The first-order valence-electron chi connectivity index (χ1n) is 9.04. The second kappa shape index (κ2) is 9.56. The first kappa shape index (κ1) is 22.9. The van der Waals surface area contributed by atoms with Crippen LogP contribution in [-0.2, 0) is 24.8 Å². The molecular weight excluding hydrogens is 460 g/mol. The molecule has 3 rings (SSSR count). The van der Waals surface area contributed by atoms with Crippen LogP contribution in [-0.4, -0.2) is 34.3 Å². The third-order valence-electron chi connectivity index (χ3n) is 4.08. The molecule has 31 heavy (non-hydrogen) atoms. The first-order valence-corrected chi connectivity index (χ1v) is 12.9. The minimum absolute atomic E-state index is 0.0200. The van der Waals surface area contributed by atoms with Crippen LogP contribution in [0.5, 0.6) is 0 Å². The topological polar surface area (TPSA) is 134 Å². The third kappa shape index (κ3) is 6.34. The molecule has 0 spiro atoms. The van der Waals surface area contributed by atoms with Crippen LogP contribution >= 0.6 is 11.3 Å². The van der Waals surface area contributed by atoms with E-state index in [-0.39, 0.29) is 27.9 Å². The van der Waals surface area contributed by atoms with Crippen molar-refractivity contribution in [3.8, 4) is 0 Å². The van der Waals surface area contributed by atoms with Crippen molar-refractivity contribution in [2.45, 2.75) is 23.1 Å². The maximum atomic E-state index is 12.3. The van der Waals surface area contributed by atoms with E-state index in [4.69, 9.17) is 0 Å². The molecule has 9 nitrogen and oxygen atoms in total. The summed E-state index contributed by atoms with van der Waals surface area (Å²) in [4.78, 5) is 16.1. The van der Waals surface area contributed by atoms with E-state index in [1.807, 2.05) is 6.92 Å². The zero-order valence-corrected chi connectivity index (χ0v) is 18.9. The van der Waals surface area contributed by atoms with E-state index in [1.165, 1.54) is 42.6 Å². The van der Waals surface area contributed by atoms with E-state index in [0.717, 1.165) is 16.9 Å². The van der Waals surface area contributed by atoms with Gasteiger partial charge < -0.3 is 5.32 Å². The summed E-state index contributed by atoms with van der Waals surface area (Å²) in [6.45, 7) is 1.78. The number of aromatic nitrogens is 1. The highest BCUT2D eigenvalue weighted by Crippen LogP contribution is 2.19. The standard InChI is InChI=1S/C19H20N4O5S3/c1-14-2-6-16(7-3-14)30(25,26)21-11-10-18(24)22-15-4-8-17(9-5-15)31(27,28)23-19-20-12-13-29-19/h2-9,12-13,21H,10-11H2,1H3,(H,20,23)(H,22,24). The summed E-state index contributed by atoms with van der Waals surface area (Å²) < 4.78 is 53.8. The predicted octanol–water partition coefficient (Wildman–Crippen LogP) is 2.56. The van der Waals surface area contributed by atoms with Crippen LogP contribution in [0.3, 0.4) is 0 Å². The van der Waals surface area contributed by atoms with E-state index in [2.05, 4.69) is 19.7 Å². The SMILES string of the molecule is Cc1ccc(S(=O)(=O)NCCC(=O)Nc2ccc(S(=O)(=O)Nc3nccs3)cc2)cc1. The number of nitrogens with zero attached hydrogens (tertiary/aromatic N) is 1. The number of hydrogen-bond acceptors (Lipinski definition) is 7. The summed E-state index contributed by atoms with van der Waals surface area (Å²) in [5.74, 6) is -0.414. The lowest BCUT2D eigenvalue weighted by molar-refractivity contribution is -0.116. The van der Waals surface area contributed by atoms with Gasteiger partial charge in [-0.15, -0.1) is 11.3 Å². The number of anilines is 2. The van der Waals surface area contributed by atoms with Gasteiger partial charge >= 0.3 is 0 Å². The molecule has 0 atom stereocenters. The monoisotopic (exact) mass is 480 g/mol. The second-order valence-electron chi connectivity index (χ2n) is 6.48. The number of benzene rings is 2. The van der Waals surface area contributed by atoms with Crippen molar-refractivity contribution in [1.29, 1.82) is 0 Å². The second-order valence-corrected chi connectivity index (χ2v) is 10.8. The Morgan fingerprint density at radius 3 is 2.16 bits per heavy atom. The smallest absolute Gasteiger partial charge is 0.263 e. The van der Waals surface area contributed by atoms with Gasteiger partial charge in [0, 0.05) is 30.2 Å². The van der Waals surface area contributed by atoms with Crippen LogP contribution in [0, 0.1) is 6.92 Å². The van der Waals surface area contributed by atoms with Crippen molar-refractivity contribution in [3.63, 3.8) is 0 Å². The molecule has 2 aromatic carbocycles. The number of hydrogen-bond donors (Lipinski definition) is 3. The summed E-state index contributed by atoms with van der Waals surface area (Å²) in [6.07, 6.45) is 1.40. The van der Waals surface area contributed by atoms with Crippen molar-refractivity contribution < 1.29 is 21.6 Å².